The molecule has 3 rings (SSSR count). The summed E-state index contributed by atoms with van der Waals surface area (Å²) in [5.74, 6) is -1.58. The summed E-state index contributed by atoms with van der Waals surface area (Å²) in [5.41, 5.74) is -0.326. The van der Waals surface area contributed by atoms with Crippen molar-refractivity contribution in [2.24, 2.45) is 0 Å². The Labute approximate surface area is 185 Å². The van der Waals surface area contributed by atoms with Gasteiger partial charge in [-0.25, -0.2) is 9.59 Å². The van der Waals surface area contributed by atoms with Gasteiger partial charge >= 0.3 is 12.1 Å². The minimum Gasteiger partial charge on any atom is -0.461 e. The number of morpholine rings is 1. The number of rotatable bonds is 8. The van der Waals surface area contributed by atoms with Crippen LogP contribution in [-0.2, 0) is 35.2 Å². The van der Waals surface area contributed by atoms with Gasteiger partial charge in [-0.2, -0.15) is 0 Å². The molecule has 0 unspecified atom stereocenters. The lowest BCUT2D eigenvalue weighted by Crippen LogP contribution is -2.66. The molecule has 2 atom stereocenters. The largest absolute Gasteiger partial charge is 0.508 e. The Morgan fingerprint density at radius 2 is 1.78 bits per heavy atom. The van der Waals surface area contributed by atoms with Crippen molar-refractivity contribution in [2.75, 3.05) is 19.8 Å². The van der Waals surface area contributed by atoms with Crippen LogP contribution in [0.4, 0.5) is 4.79 Å². The summed E-state index contributed by atoms with van der Waals surface area (Å²) in [5, 5.41) is 2.52. The second-order valence-electron chi connectivity index (χ2n) is 7.24. The lowest BCUT2D eigenvalue weighted by atomic mass is 9.92. The Balaban J connectivity index is 1.53. The zero-order chi connectivity index (χ0) is 23.0. The third-order valence-corrected chi connectivity index (χ3v) is 5.17. The van der Waals surface area contributed by atoms with Gasteiger partial charge in [0, 0.05) is 0 Å². The number of nitrogens with one attached hydrogen (secondary N) is 1. The van der Waals surface area contributed by atoms with Gasteiger partial charge in [-0.05, 0) is 18.1 Å². The monoisotopic (exact) mass is 440 g/mol. The van der Waals surface area contributed by atoms with E-state index in [-0.39, 0.29) is 26.4 Å². The molecule has 1 heterocycles. The number of carbonyl (C=O) groups excluding carboxylic acids is 4. The molecule has 1 aliphatic rings. The second kappa shape index (κ2) is 10.4. The Bertz CT molecular complexity index is 951. The maximum atomic E-state index is 12.8. The van der Waals surface area contributed by atoms with E-state index >= 15 is 0 Å². The fourth-order valence-electron chi connectivity index (χ4n) is 3.34. The topological polar surface area (TPSA) is 111 Å². The van der Waals surface area contributed by atoms with E-state index in [0.717, 1.165) is 16.0 Å². The second-order valence-corrected chi connectivity index (χ2v) is 7.24. The average molecular weight is 440 g/mol. The number of esters is 1. The molecule has 168 valence electrons. The number of carbonyl (C=O) groups is 4. The highest BCUT2D eigenvalue weighted by Gasteiger charge is 2.53. The summed E-state index contributed by atoms with van der Waals surface area (Å²) in [6.45, 7) is 1.08. The Morgan fingerprint density at radius 1 is 1.12 bits per heavy atom. The smallest absolute Gasteiger partial charge is 0.461 e. The zero-order valence-electron chi connectivity index (χ0n) is 17.6. The Kier molecular flexibility index (Phi) is 7.43. The lowest BCUT2D eigenvalue weighted by Gasteiger charge is -2.44. The van der Waals surface area contributed by atoms with E-state index in [9.17, 15) is 19.2 Å². The first-order valence-corrected chi connectivity index (χ1v) is 10.0. The van der Waals surface area contributed by atoms with Crippen LogP contribution in [0.25, 0.3) is 0 Å². The van der Waals surface area contributed by atoms with Crippen LogP contribution in [0.3, 0.4) is 0 Å². The number of hydrogen-bond acceptors (Lipinski definition) is 7. The van der Waals surface area contributed by atoms with Gasteiger partial charge in [0.1, 0.15) is 19.8 Å². The SMILES string of the molecule is C[C@]1(C(=O)NCCOC(=O)OCc2ccccc2)C(=O)OC[C@H](c2ccccc2)N1C=O. The molecular weight excluding hydrogens is 416 g/mol. The summed E-state index contributed by atoms with van der Waals surface area (Å²) in [7, 11) is 0. The molecule has 9 heteroatoms. The molecule has 1 aliphatic heterocycles. The molecule has 0 aliphatic carbocycles. The average Bonchev–Trinajstić information content (AvgIpc) is 2.83. The summed E-state index contributed by atoms with van der Waals surface area (Å²) < 4.78 is 15.1. The molecular formula is C23H24N2O7. The minimum atomic E-state index is -1.87. The molecule has 1 fully saturated rings. The first-order chi connectivity index (χ1) is 15.5. The van der Waals surface area contributed by atoms with Gasteiger partial charge in [0.2, 0.25) is 11.9 Å². The van der Waals surface area contributed by atoms with Crippen molar-refractivity contribution < 1.29 is 33.4 Å². The lowest BCUT2D eigenvalue weighted by molar-refractivity contribution is -0.180. The number of hydrogen-bond donors (Lipinski definition) is 1. The van der Waals surface area contributed by atoms with Crippen molar-refractivity contribution in [3.63, 3.8) is 0 Å². The molecule has 2 amide bonds. The van der Waals surface area contributed by atoms with Crippen molar-refractivity contribution in [3.8, 4) is 0 Å². The molecule has 1 saturated heterocycles. The standard InChI is InChI=1S/C23H24N2O7/c1-23(21(28)31-15-19(25(23)16-26)18-10-6-3-7-11-18)20(27)24-12-13-30-22(29)32-14-17-8-4-2-5-9-17/h2-11,16,19H,12-15H2,1H3,(H,24,27)/t19-,23+/m1/s1. The van der Waals surface area contributed by atoms with Crippen molar-refractivity contribution >= 4 is 24.4 Å². The van der Waals surface area contributed by atoms with Gasteiger partial charge in [-0.15, -0.1) is 0 Å². The van der Waals surface area contributed by atoms with Crippen molar-refractivity contribution in [2.45, 2.75) is 25.1 Å². The van der Waals surface area contributed by atoms with E-state index < -0.39 is 29.6 Å². The summed E-state index contributed by atoms with van der Waals surface area (Å²) in [4.78, 5) is 50.0. The summed E-state index contributed by atoms with van der Waals surface area (Å²) in [6, 6.07) is 17.5. The number of nitrogens with zero attached hydrogens (tertiary/aromatic N) is 1. The molecule has 0 bridgehead atoms. The molecule has 32 heavy (non-hydrogen) atoms. The van der Waals surface area contributed by atoms with Crippen molar-refractivity contribution in [1.82, 2.24) is 10.2 Å². The van der Waals surface area contributed by atoms with E-state index in [1.807, 2.05) is 24.3 Å². The maximum Gasteiger partial charge on any atom is 0.508 e. The highest BCUT2D eigenvalue weighted by atomic mass is 16.7. The zero-order valence-corrected chi connectivity index (χ0v) is 17.6. The number of ether oxygens (including phenoxy) is 3. The normalized spacial score (nSPS) is 20.1. The Hall–Kier alpha value is -3.88. The van der Waals surface area contributed by atoms with E-state index in [4.69, 9.17) is 14.2 Å². The fourth-order valence-corrected chi connectivity index (χ4v) is 3.34. The number of amides is 2. The molecule has 0 saturated carbocycles. The maximum absolute atomic E-state index is 12.8. The third kappa shape index (κ3) is 5.05. The van der Waals surface area contributed by atoms with Gasteiger partial charge < -0.3 is 24.4 Å². The molecule has 2 aromatic carbocycles. The molecule has 1 N–H and O–H groups in total. The molecule has 0 aromatic heterocycles. The van der Waals surface area contributed by atoms with Crippen LogP contribution in [0.1, 0.15) is 24.1 Å². The van der Waals surface area contributed by atoms with Crippen molar-refractivity contribution in [3.05, 3.63) is 71.8 Å². The van der Waals surface area contributed by atoms with Crippen LogP contribution in [-0.4, -0.2) is 54.6 Å². The fraction of sp³-hybridized carbons (Fsp3) is 0.304. The van der Waals surface area contributed by atoms with E-state index in [0.29, 0.717) is 6.41 Å². The molecule has 2 aromatic rings. The van der Waals surface area contributed by atoms with E-state index in [1.165, 1.54) is 6.92 Å². The quantitative estimate of drug-likeness (QED) is 0.289. The van der Waals surface area contributed by atoms with Crippen LogP contribution < -0.4 is 5.32 Å². The van der Waals surface area contributed by atoms with Crippen LogP contribution in [0.5, 0.6) is 0 Å². The molecule has 0 spiro atoms. The van der Waals surface area contributed by atoms with Crippen LogP contribution in [0, 0.1) is 0 Å². The third-order valence-electron chi connectivity index (χ3n) is 5.17. The summed E-state index contributed by atoms with van der Waals surface area (Å²) >= 11 is 0. The first kappa shape index (κ1) is 22.8. The first-order valence-electron chi connectivity index (χ1n) is 10.0. The van der Waals surface area contributed by atoms with Gasteiger partial charge in [0.25, 0.3) is 5.91 Å². The van der Waals surface area contributed by atoms with Crippen LogP contribution in [0.2, 0.25) is 0 Å². The predicted octanol–water partition coefficient (Wildman–Crippen LogP) is 1.97. The molecule has 9 nitrogen and oxygen atoms in total. The van der Waals surface area contributed by atoms with Crippen LogP contribution >= 0.6 is 0 Å². The number of benzene rings is 2. The Morgan fingerprint density at radius 3 is 2.44 bits per heavy atom. The highest BCUT2D eigenvalue weighted by Crippen LogP contribution is 2.33. The van der Waals surface area contributed by atoms with Crippen molar-refractivity contribution in [1.29, 1.82) is 0 Å². The van der Waals surface area contributed by atoms with Gasteiger partial charge in [-0.3, -0.25) is 9.59 Å². The van der Waals surface area contributed by atoms with Gasteiger partial charge in [0.05, 0.1) is 12.6 Å². The van der Waals surface area contributed by atoms with E-state index in [1.54, 1.807) is 36.4 Å². The molecule has 0 radical (unpaired) electrons. The van der Waals surface area contributed by atoms with Crippen LogP contribution in [0.15, 0.2) is 60.7 Å². The van der Waals surface area contributed by atoms with Gasteiger partial charge in [-0.1, -0.05) is 60.7 Å². The highest BCUT2D eigenvalue weighted by molar-refractivity contribution is 6.08. The predicted molar refractivity (Wildman–Crippen MR) is 112 cm³/mol. The van der Waals surface area contributed by atoms with Gasteiger partial charge in [0.15, 0.2) is 0 Å². The summed E-state index contributed by atoms with van der Waals surface area (Å²) in [6.07, 6.45) is -0.417. The number of cyclic esters (lactones) is 1. The minimum absolute atomic E-state index is 0.0547. The van der Waals surface area contributed by atoms with E-state index in [2.05, 4.69) is 5.32 Å².